The molecule has 0 aromatic heterocycles. The van der Waals surface area contributed by atoms with Crippen molar-refractivity contribution in [3.05, 3.63) is 23.5 Å². The van der Waals surface area contributed by atoms with Gasteiger partial charge in [-0.1, -0.05) is 0 Å². The Bertz CT molecular complexity index is 576. The average Bonchev–Trinajstić information content (AvgIpc) is 2.50. The van der Waals surface area contributed by atoms with Crippen LogP contribution >= 0.6 is 0 Å². The van der Waals surface area contributed by atoms with Gasteiger partial charge >= 0.3 is 5.97 Å². The number of hydroxylamine groups is 2. The molecule has 1 aromatic rings. The molecule has 23 heavy (non-hydrogen) atoms. The summed E-state index contributed by atoms with van der Waals surface area (Å²) in [7, 11) is 1.52. The molecule has 1 saturated heterocycles. The average molecular weight is 324 g/mol. The number of methoxy groups -OCH3 is 1. The second-order valence-corrected chi connectivity index (χ2v) is 6.92. The summed E-state index contributed by atoms with van der Waals surface area (Å²) < 4.78 is 19.7. The van der Waals surface area contributed by atoms with E-state index < -0.39 is 11.2 Å². The van der Waals surface area contributed by atoms with Crippen LogP contribution in [0.15, 0.2) is 12.1 Å². The van der Waals surface area contributed by atoms with Crippen LogP contribution in [0.3, 0.4) is 0 Å². The highest BCUT2D eigenvalue weighted by Gasteiger charge is 2.31. The van der Waals surface area contributed by atoms with Gasteiger partial charge in [-0.2, -0.15) is 0 Å². The molecule has 0 bridgehead atoms. The number of nitrogens with two attached hydrogens (primary N) is 1. The number of rotatable bonds is 3. The number of benzene rings is 1. The first-order chi connectivity index (χ1) is 10.7. The fourth-order valence-electron chi connectivity index (χ4n) is 2.64. The summed E-state index contributed by atoms with van der Waals surface area (Å²) in [6.45, 7) is 6.56. The van der Waals surface area contributed by atoms with Crippen molar-refractivity contribution >= 4 is 11.7 Å². The predicted molar refractivity (Wildman–Crippen MR) is 86.5 cm³/mol. The van der Waals surface area contributed by atoms with Crippen LogP contribution in [0.5, 0.6) is 5.75 Å². The molecule has 0 unspecified atom stereocenters. The highest BCUT2D eigenvalue weighted by molar-refractivity contribution is 5.75. The minimum absolute atomic E-state index is 0.00182. The first-order valence-electron chi connectivity index (χ1n) is 7.83. The second-order valence-electron chi connectivity index (χ2n) is 6.92. The standard InChI is InChI=1S/C17H25FN2O3/c1-17(2,3)16(21)23-20-9-7-11(8-10-20)14-13(22-4)6-5-12(19)15(14)18/h5-6,11H,7-10,19H2,1-4H3. The molecule has 1 fully saturated rings. The number of carbonyl (C=O) groups excluding carboxylic acids is 1. The first-order valence-corrected chi connectivity index (χ1v) is 7.83. The molecule has 1 aliphatic heterocycles. The molecule has 0 radical (unpaired) electrons. The van der Waals surface area contributed by atoms with Crippen LogP contribution in [0, 0.1) is 11.2 Å². The summed E-state index contributed by atoms with van der Waals surface area (Å²) in [6, 6.07) is 3.21. The zero-order valence-electron chi connectivity index (χ0n) is 14.2. The molecule has 0 amide bonds. The molecule has 5 nitrogen and oxygen atoms in total. The summed E-state index contributed by atoms with van der Waals surface area (Å²) in [4.78, 5) is 17.3. The Morgan fingerprint density at radius 2 is 1.91 bits per heavy atom. The zero-order chi connectivity index (χ0) is 17.2. The van der Waals surface area contributed by atoms with Gasteiger partial charge in [0.05, 0.1) is 18.2 Å². The minimum atomic E-state index is -0.542. The van der Waals surface area contributed by atoms with Gasteiger partial charge in [0.1, 0.15) is 5.75 Å². The van der Waals surface area contributed by atoms with E-state index in [1.807, 2.05) is 20.8 Å². The van der Waals surface area contributed by atoms with Gasteiger partial charge in [0, 0.05) is 18.7 Å². The predicted octanol–water partition coefficient (Wildman–Crippen LogP) is 3.10. The smallest absolute Gasteiger partial charge is 0.330 e. The zero-order valence-corrected chi connectivity index (χ0v) is 14.2. The molecule has 0 spiro atoms. The molecule has 128 valence electrons. The molecule has 2 N–H and O–H groups in total. The number of nitrogen functional groups attached to an aromatic ring is 1. The Labute approximate surface area is 136 Å². The molecule has 2 rings (SSSR count). The Morgan fingerprint density at radius 3 is 2.43 bits per heavy atom. The molecular weight excluding hydrogens is 299 g/mol. The van der Waals surface area contributed by atoms with Crippen LogP contribution in [0.4, 0.5) is 10.1 Å². The molecule has 1 heterocycles. The van der Waals surface area contributed by atoms with Gasteiger partial charge in [0.15, 0.2) is 5.82 Å². The molecule has 0 saturated carbocycles. The Balaban J connectivity index is 2.05. The van der Waals surface area contributed by atoms with Crippen LogP contribution in [-0.2, 0) is 9.63 Å². The van der Waals surface area contributed by atoms with Crippen molar-refractivity contribution in [2.45, 2.75) is 39.5 Å². The number of hydrogen-bond acceptors (Lipinski definition) is 5. The van der Waals surface area contributed by atoms with E-state index in [9.17, 15) is 9.18 Å². The third-order valence-corrected chi connectivity index (χ3v) is 4.08. The normalized spacial score (nSPS) is 17.1. The maximum Gasteiger partial charge on any atom is 0.330 e. The molecule has 1 aliphatic rings. The van der Waals surface area contributed by atoms with E-state index in [1.54, 1.807) is 11.1 Å². The number of anilines is 1. The lowest BCUT2D eigenvalue weighted by Crippen LogP contribution is -2.38. The lowest BCUT2D eigenvalue weighted by Gasteiger charge is -2.33. The minimum Gasteiger partial charge on any atom is -0.496 e. The van der Waals surface area contributed by atoms with Gasteiger partial charge in [-0.05, 0) is 51.7 Å². The summed E-state index contributed by atoms with van der Waals surface area (Å²) in [6.07, 6.45) is 1.35. The van der Waals surface area contributed by atoms with Gasteiger partial charge in [-0.15, -0.1) is 5.06 Å². The topological polar surface area (TPSA) is 64.8 Å². The number of hydrogen-bond donors (Lipinski definition) is 1. The van der Waals surface area contributed by atoms with E-state index in [-0.39, 0.29) is 17.6 Å². The Morgan fingerprint density at radius 1 is 1.30 bits per heavy atom. The highest BCUT2D eigenvalue weighted by atomic mass is 19.1. The molecular formula is C17H25FN2O3. The van der Waals surface area contributed by atoms with E-state index in [2.05, 4.69) is 0 Å². The Kier molecular flexibility index (Phi) is 5.14. The van der Waals surface area contributed by atoms with Gasteiger partial charge < -0.3 is 15.3 Å². The van der Waals surface area contributed by atoms with Gasteiger partial charge in [0.25, 0.3) is 0 Å². The number of carbonyl (C=O) groups is 1. The summed E-state index contributed by atoms with van der Waals surface area (Å²) in [5.41, 5.74) is 5.79. The number of ether oxygens (including phenoxy) is 1. The quantitative estimate of drug-likeness (QED) is 0.866. The first kappa shape index (κ1) is 17.5. The molecule has 0 atom stereocenters. The van der Waals surface area contributed by atoms with Crippen molar-refractivity contribution in [2.75, 3.05) is 25.9 Å². The van der Waals surface area contributed by atoms with Crippen molar-refractivity contribution in [1.82, 2.24) is 5.06 Å². The number of halogens is 1. The second kappa shape index (κ2) is 6.74. The molecule has 6 heteroatoms. The van der Waals surface area contributed by atoms with Crippen molar-refractivity contribution in [3.8, 4) is 5.75 Å². The third-order valence-electron chi connectivity index (χ3n) is 4.08. The lowest BCUT2D eigenvalue weighted by atomic mass is 9.88. The van der Waals surface area contributed by atoms with Gasteiger partial charge in [-0.3, -0.25) is 0 Å². The lowest BCUT2D eigenvalue weighted by molar-refractivity contribution is -0.204. The van der Waals surface area contributed by atoms with Crippen LogP contribution in [0.25, 0.3) is 0 Å². The highest BCUT2D eigenvalue weighted by Crippen LogP contribution is 2.38. The van der Waals surface area contributed by atoms with Crippen molar-refractivity contribution in [1.29, 1.82) is 0 Å². The summed E-state index contributed by atoms with van der Waals surface area (Å²) in [5, 5.41) is 1.65. The van der Waals surface area contributed by atoms with E-state index >= 15 is 0 Å². The molecule has 0 aliphatic carbocycles. The summed E-state index contributed by atoms with van der Waals surface area (Å²) in [5.74, 6) is -0.155. The van der Waals surface area contributed by atoms with E-state index in [0.29, 0.717) is 37.2 Å². The maximum absolute atomic E-state index is 14.4. The van der Waals surface area contributed by atoms with Gasteiger partial charge in [-0.25, -0.2) is 9.18 Å². The maximum atomic E-state index is 14.4. The largest absolute Gasteiger partial charge is 0.496 e. The van der Waals surface area contributed by atoms with Gasteiger partial charge in [0.2, 0.25) is 0 Å². The van der Waals surface area contributed by atoms with E-state index in [1.165, 1.54) is 13.2 Å². The monoisotopic (exact) mass is 324 g/mol. The SMILES string of the molecule is COc1ccc(N)c(F)c1C1CCN(OC(=O)C(C)(C)C)CC1. The fourth-order valence-corrected chi connectivity index (χ4v) is 2.64. The van der Waals surface area contributed by atoms with E-state index in [4.69, 9.17) is 15.3 Å². The van der Waals surface area contributed by atoms with Crippen LogP contribution < -0.4 is 10.5 Å². The van der Waals surface area contributed by atoms with Crippen molar-refractivity contribution < 1.29 is 18.8 Å². The molecule has 1 aromatic carbocycles. The van der Waals surface area contributed by atoms with Crippen LogP contribution in [-0.4, -0.2) is 31.2 Å². The Hall–Kier alpha value is -1.82. The van der Waals surface area contributed by atoms with Crippen LogP contribution in [0.2, 0.25) is 0 Å². The van der Waals surface area contributed by atoms with Crippen LogP contribution in [0.1, 0.15) is 45.1 Å². The van der Waals surface area contributed by atoms with Crippen molar-refractivity contribution in [2.24, 2.45) is 5.41 Å². The van der Waals surface area contributed by atoms with Crippen molar-refractivity contribution in [3.63, 3.8) is 0 Å². The number of nitrogens with zero attached hydrogens (tertiary/aromatic N) is 1. The number of piperidine rings is 1. The fraction of sp³-hybridized carbons (Fsp3) is 0.588. The summed E-state index contributed by atoms with van der Waals surface area (Å²) >= 11 is 0. The third kappa shape index (κ3) is 3.93. The van der Waals surface area contributed by atoms with E-state index in [0.717, 1.165) is 0 Å².